The van der Waals surface area contributed by atoms with Crippen LogP contribution in [0.2, 0.25) is 0 Å². The molecule has 1 atom stereocenters. The Morgan fingerprint density at radius 1 is 1.78 bits per heavy atom. The predicted octanol–water partition coefficient (Wildman–Crippen LogP) is -0.659. The molecule has 5 heteroatoms. The number of aromatic nitrogens is 4. The number of hydrogen-bond donors (Lipinski definition) is 1. The van der Waals surface area contributed by atoms with Crippen LogP contribution in [0.1, 0.15) is 19.5 Å². The third-order valence-electron chi connectivity index (χ3n) is 1.06. The zero-order chi connectivity index (χ0) is 6.69. The van der Waals surface area contributed by atoms with E-state index in [4.69, 9.17) is 5.73 Å². The Morgan fingerprint density at radius 3 is 3.00 bits per heavy atom. The van der Waals surface area contributed by atoms with Crippen molar-refractivity contribution in [2.75, 3.05) is 0 Å². The molecular formula is C4H8N5. The highest BCUT2D eigenvalue weighted by Crippen LogP contribution is 1.95. The number of tetrazole rings is 1. The molecule has 1 rings (SSSR count). The SMILES string of the molecule is CCC(N)n1[c]nnn1. The van der Waals surface area contributed by atoms with Crippen LogP contribution < -0.4 is 5.73 Å². The van der Waals surface area contributed by atoms with Crippen LogP contribution in [0.5, 0.6) is 0 Å². The van der Waals surface area contributed by atoms with Gasteiger partial charge in [0.2, 0.25) is 6.33 Å². The molecule has 49 valence electrons. The fraction of sp³-hybridized carbons (Fsp3) is 0.750. The largest absolute Gasteiger partial charge is 0.310 e. The van der Waals surface area contributed by atoms with E-state index < -0.39 is 0 Å². The molecule has 1 unspecified atom stereocenters. The summed E-state index contributed by atoms with van der Waals surface area (Å²) in [6, 6.07) is 0. The van der Waals surface area contributed by atoms with Gasteiger partial charge in [-0.3, -0.25) is 0 Å². The van der Waals surface area contributed by atoms with Gasteiger partial charge in [-0.1, -0.05) is 6.92 Å². The lowest BCUT2D eigenvalue weighted by atomic mass is 10.4. The van der Waals surface area contributed by atoms with Crippen LogP contribution >= 0.6 is 0 Å². The zero-order valence-corrected chi connectivity index (χ0v) is 5.15. The molecule has 0 saturated heterocycles. The lowest BCUT2D eigenvalue weighted by molar-refractivity contribution is 0.441. The van der Waals surface area contributed by atoms with Gasteiger partial charge in [-0.05, 0) is 16.8 Å². The van der Waals surface area contributed by atoms with Crippen LogP contribution in [0, 0.1) is 6.33 Å². The molecule has 0 aliphatic carbocycles. The van der Waals surface area contributed by atoms with Gasteiger partial charge in [0.05, 0.1) is 0 Å². The highest BCUT2D eigenvalue weighted by molar-refractivity contribution is 4.53. The summed E-state index contributed by atoms with van der Waals surface area (Å²) >= 11 is 0. The highest BCUT2D eigenvalue weighted by atomic mass is 15.5. The molecule has 5 nitrogen and oxygen atoms in total. The second-order valence-corrected chi connectivity index (χ2v) is 1.70. The third-order valence-corrected chi connectivity index (χ3v) is 1.06. The van der Waals surface area contributed by atoms with Crippen LogP contribution in [-0.2, 0) is 0 Å². The fourth-order valence-electron chi connectivity index (χ4n) is 0.462. The Bertz CT molecular complexity index is 157. The Morgan fingerprint density at radius 2 is 2.56 bits per heavy atom. The third kappa shape index (κ3) is 1.23. The molecule has 0 saturated carbocycles. The summed E-state index contributed by atoms with van der Waals surface area (Å²) in [5, 5.41) is 10.3. The van der Waals surface area contributed by atoms with Gasteiger partial charge >= 0.3 is 0 Å². The summed E-state index contributed by atoms with van der Waals surface area (Å²) in [7, 11) is 0. The quantitative estimate of drug-likeness (QED) is 0.571. The number of nitrogens with two attached hydrogens (primary N) is 1. The van der Waals surface area contributed by atoms with Crippen LogP contribution in [0.3, 0.4) is 0 Å². The Hall–Kier alpha value is -0.970. The second kappa shape index (κ2) is 2.54. The second-order valence-electron chi connectivity index (χ2n) is 1.70. The normalized spacial score (nSPS) is 13.6. The highest BCUT2D eigenvalue weighted by Gasteiger charge is 2.00. The molecule has 9 heavy (non-hydrogen) atoms. The molecule has 0 spiro atoms. The van der Waals surface area contributed by atoms with E-state index in [1.54, 1.807) is 0 Å². The van der Waals surface area contributed by atoms with E-state index in [1.165, 1.54) is 4.68 Å². The molecule has 2 N–H and O–H groups in total. The first-order valence-corrected chi connectivity index (χ1v) is 2.75. The molecule has 0 aliphatic heterocycles. The fourth-order valence-corrected chi connectivity index (χ4v) is 0.462. The van der Waals surface area contributed by atoms with Crippen LogP contribution in [-0.4, -0.2) is 20.2 Å². The summed E-state index contributed by atoms with van der Waals surface area (Å²) in [5.74, 6) is 0. The van der Waals surface area contributed by atoms with E-state index in [1.807, 2.05) is 6.92 Å². The Kier molecular flexibility index (Phi) is 1.74. The van der Waals surface area contributed by atoms with Crippen molar-refractivity contribution in [3.8, 4) is 0 Å². The summed E-state index contributed by atoms with van der Waals surface area (Å²) in [5.41, 5.74) is 5.53. The van der Waals surface area contributed by atoms with E-state index in [-0.39, 0.29) is 6.17 Å². The van der Waals surface area contributed by atoms with E-state index >= 15 is 0 Å². The van der Waals surface area contributed by atoms with Gasteiger partial charge in [-0.25, -0.2) is 4.68 Å². The van der Waals surface area contributed by atoms with E-state index in [0.717, 1.165) is 6.42 Å². The minimum Gasteiger partial charge on any atom is -0.310 e. The van der Waals surface area contributed by atoms with Crippen molar-refractivity contribution >= 4 is 0 Å². The minimum absolute atomic E-state index is 0.139. The van der Waals surface area contributed by atoms with Crippen molar-refractivity contribution in [2.45, 2.75) is 19.5 Å². The first-order chi connectivity index (χ1) is 4.34. The maximum Gasteiger partial charge on any atom is 0.223 e. The van der Waals surface area contributed by atoms with Crippen molar-refractivity contribution in [3.63, 3.8) is 0 Å². The maximum absolute atomic E-state index is 5.53. The molecule has 0 aliphatic rings. The first-order valence-electron chi connectivity index (χ1n) is 2.75. The van der Waals surface area contributed by atoms with Crippen LogP contribution in [0.4, 0.5) is 0 Å². The number of nitrogens with zero attached hydrogens (tertiary/aromatic N) is 4. The van der Waals surface area contributed by atoms with Crippen molar-refractivity contribution in [2.24, 2.45) is 5.73 Å². The number of rotatable bonds is 2. The lowest BCUT2D eigenvalue weighted by Gasteiger charge is -2.03. The molecule has 0 fully saturated rings. The minimum atomic E-state index is -0.139. The first kappa shape index (κ1) is 6.15. The van der Waals surface area contributed by atoms with Gasteiger partial charge in [0.15, 0.2) is 0 Å². The predicted molar refractivity (Wildman–Crippen MR) is 30.2 cm³/mol. The van der Waals surface area contributed by atoms with Gasteiger partial charge in [0.25, 0.3) is 0 Å². The molecule has 1 heterocycles. The van der Waals surface area contributed by atoms with E-state index in [0.29, 0.717) is 0 Å². The average Bonchev–Trinajstić information content (AvgIpc) is 2.37. The Balaban J connectivity index is 2.65. The molecule has 1 radical (unpaired) electrons. The summed E-state index contributed by atoms with van der Waals surface area (Å²) in [4.78, 5) is 0. The molecule has 0 amide bonds. The van der Waals surface area contributed by atoms with E-state index in [9.17, 15) is 0 Å². The topological polar surface area (TPSA) is 69.6 Å². The zero-order valence-electron chi connectivity index (χ0n) is 5.15. The smallest absolute Gasteiger partial charge is 0.223 e. The maximum atomic E-state index is 5.53. The number of hydrogen-bond acceptors (Lipinski definition) is 4. The lowest BCUT2D eigenvalue weighted by Crippen LogP contribution is -2.18. The van der Waals surface area contributed by atoms with E-state index in [2.05, 4.69) is 21.9 Å². The van der Waals surface area contributed by atoms with Gasteiger partial charge < -0.3 is 5.73 Å². The molecule has 0 aromatic carbocycles. The summed E-state index contributed by atoms with van der Waals surface area (Å²) in [6.45, 7) is 1.96. The van der Waals surface area contributed by atoms with Gasteiger partial charge in [0.1, 0.15) is 6.17 Å². The summed E-state index contributed by atoms with van der Waals surface area (Å²) in [6.07, 6.45) is 3.18. The van der Waals surface area contributed by atoms with Crippen LogP contribution in [0.25, 0.3) is 0 Å². The van der Waals surface area contributed by atoms with Gasteiger partial charge in [0, 0.05) is 0 Å². The van der Waals surface area contributed by atoms with Crippen molar-refractivity contribution in [1.29, 1.82) is 0 Å². The standard InChI is InChI=1S/C4H8N5/c1-2-4(5)9-3-6-7-8-9/h4H,2,5H2,1H3. The van der Waals surface area contributed by atoms with Crippen molar-refractivity contribution in [1.82, 2.24) is 20.2 Å². The monoisotopic (exact) mass is 126 g/mol. The van der Waals surface area contributed by atoms with Crippen molar-refractivity contribution < 1.29 is 0 Å². The summed E-state index contributed by atoms with van der Waals surface area (Å²) < 4.78 is 1.40. The molecular weight excluding hydrogens is 118 g/mol. The van der Waals surface area contributed by atoms with Crippen molar-refractivity contribution in [3.05, 3.63) is 6.33 Å². The van der Waals surface area contributed by atoms with Crippen LogP contribution in [0.15, 0.2) is 0 Å². The molecule has 1 aromatic heterocycles. The molecule has 1 aromatic rings. The van der Waals surface area contributed by atoms with Gasteiger partial charge in [-0.2, -0.15) is 0 Å². The average molecular weight is 126 g/mol. The van der Waals surface area contributed by atoms with Gasteiger partial charge in [-0.15, -0.1) is 5.10 Å². The Labute approximate surface area is 52.8 Å². The molecule has 0 bridgehead atoms.